The van der Waals surface area contributed by atoms with Gasteiger partial charge in [-0.05, 0) is 25.0 Å². The first kappa shape index (κ1) is 14.8. The summed E-state index contributed by atoms with van der Waals surface area (Å²) < 4.78 is 0. The molecule has 2 heterocycles. The molecule has 1 saturated carbocycles. The Balaban J connectivity index is 1.58. The molecule has 1 aromatic heterocycles. The van der Waals surface area contributed by atoms with Gasteiger partial charge in [-0.15, -0.1) is 6.58 Å². The Kier molecular flexibility index (Phi) is 4.51. The van der Waals surface area contributed by atoms with E-state index in [0.717, 1.165) is 30.7 Å². The zero-order valence-electron chi connectivity index (χ0n) is 12.6. The molecule has 22 heavy (non-hydrogen) atoms. The second kappa shape index (κ2) is 6.73. The molecule has 3 rings (SSSR count). The molecule has 1 amide bonds. The fourth-order valence-corrected chi connectivity index (χ4v) is 2.78. The van der Waals surface area contributed by atoms with Gasteiger partial charge in [-0.1, -0.05) is 23.7 Å². The number of aromatic nitrogens is 1. The topological polar surface area (TPSA) is 54.8 Å². The van der Waals surface area contributed by atoms with Gasteiger partial charge in [0.2, 0.25) is 5.91 Å². The van der Waals surface area contributed by atoms with E-state index in [2.05, 4.69) is 16.7 Å². The molecule has 0 N–H and O–H groups in total. The van der Waals surface area contributed by atoms with E-state index in [1.54, 1.807) is 12.3 Å². The largest absolute Gasteiger partial charge is 0.390 e. The van der Waals surface area contributed by atoms with Crippen molar-refractivity contribution in [1.82, 2.24) is 9.88 Å². The van der Waals surface area contributed by atoms with Gasteiger partial charge in [0.15, 0.2) is 6.10 Å². The molecule has 1 aliphatic carbocycles. The number of amides is 1. The summed E-state index contributed by atoms with van der Waals surface area (Å²) in [6.45, 7) is 4.87. The van der Waals surface area contributed by atoms with Gasteiger partial charge in [-0.2, -0.15) is 0 Å². The first-order valence-electron chi connectivity index (χ1n) is 7.81. The summed E-state index contributed by atoms with van der Waals surface area (Å²) in [5.41, 5.74) is 1.69. The summed E-state index contributed by atoms with van der Waals surface area (Å²) in [4.78, 5) is 24.1. The molecular weight excluding hydrogens is 278 g/mol. The van der Waals surface area contributed by atoms with E-state index in [1.165, 1.54) is 0 Å². The molecule has 0 radical (unpaired) electrons. The second-order valence-electron chi connectivity index (χ2n) is 5.84. The molecule has 1 fully saturated rings. The molecule has 2 aliphatic rings. The Labute approximate surface area is 130 Å². The van der Waals surface area contributed by atoms with Crippen molar-refractivity contribution in [2.45, 2.75) is 31.8 Å². The van der Waals surface area contributed by atoms with Crippen molar-refractivity contribution >= 4 is 11.6 Å². The van der Waals surface area contributed by atoms with E-state index < -0.39 is 0 Å². The molecule has 1 atom stereocenters. The van der Waals surface area contributed by atoms with E-state index >= 15 is 0 Å². The summed E-state index contributed by atoms with van der Waals surface area (Å²) in [6.07, 6.45) is 7.28. The van der Waals surface area contributed by atoms with Crippen LogP contribution in [0.4, 0.5) is 0 Å². The third-order valence-corrected chi connectivity index (χ3v) is 4.23. The zero-order valence-corrected chi connectivity index (χ0v) is 12.6. The zero-order chi connectivity index (χ0) is 15.4. The van der Waals surface area contributed by atoms with Crippen LogP contribution in [0.5, 0.6) is 0 Å². The Morgan fingerprint density at radius 3 is 2.95 bits per heavy atom. The van der Waals surface area contributed by atoms with Crippen LogP contribution < -0.4 is 0 Å². The van der Waals surface area contributed by atoms with E-state index in [0.29, 0.717) is 19.5 Å². The number of carbonyl (C=O) groups excluding carboxylic acids is 1. The van der Waals surface area contributed by atoms with Crippen LogP contribution in [-0.4, -0.2) is 40.7 Å². The minimum absolute atomic E-state index is 0.0963. The maximum absolute atomic E-state index is 12.4. The lowest BCUT2D eigenvalue weighted by molar-refractivity contribution is -0.139. The minimum atomic E-state index is -0.0963. The van der Waals surface area contributed by atoms with E-state index in [-0.39, 0.29) is 17.9 Å². The third kappa shape index (κ3) is 3.18. The van der Waals surface area contributed by atoms with Crippen molar-refractivity contribution in [3.05, 3.63) is 42.7 Å². The molecule has 0 unspecified atom stereocenters. The van der Waals surface area contributed by atoms with E-state index in [9.17, 15) is 4.79 Å². The van der Waals surface area contributed by atoms with Crippen molar-refractivity contribution in [2.24, 2.45) is 11.1 Å². The molecule has 0 spiro atoms. The Bertz CT molecular complexity index is 567. The van der Waals surface area contributed by atoms with E-state index in [1.807, 2.05) is 23.1 Å². The normalized spacial score (nSPS) is 20.7. The Morgan fingerprint density at radius 2 is 2.32 bits per heavy atom. The standard InChI is InChI=1S/C17H21N3O2/c1-2-10-20(17(21)13-6-5-7-13)12-14-11-16(19-22-14)15-8-3-4-9-18-15/h2-4,8-9,13-14H,1,5-7,10-12H2/t14-/m1/s1. The molecule has 0 saturated heterocycles. The predicted octanol–water partition coefficient (Wildman–Crippen LogP) is 2.39. The number of rotatable bonds is 6. The molecule has 1 aromatic rings. The van der Waals surface area contributed by atoms with E-state index in [4.69, 9.17) is 4.84 Å². The van der Waals surface area contributed by atoms with Crippen LogP contribution in [0, 0.1) is 5.92 Å². The molecule has 5 nitrogen and oxygen atoms in total. The average Bonchev–Trinajstić information content (AvgIpc) is 2.94. The van der Waals surface area contributed by atoms with Crippen LogP contribution in [0.3, 0.4) is 0 Å². The first-order chi connectivity index (χ1) is 10.8. The summed E-state index contributed by atoms with van der Waals surface area (Å²) in [6, 6.07) is 5.73. The highest BCUT2D eigenvalue weighted by molar-refractivity contribution is 5.99. The van der Waals surface area contributed by atoms with Crippen molar-refractivity contribution in [1.29, 1.82) is 0 Å². The third-order valence-electron chi connectivity index (χ3n) is 4.23. The van der Waals surface area contributed by atoms with Crippen molar-refractivity contribution < 1.29 is 9.63 Å². The summed E-state index contributed by atoms with van der Waals surface area (Å²) >= 11 is 0. The lowest BCUT2D eigenvalue weighted by Gasteiger charge is -2.32. The highest BCUT2D eigenvalue weighted by Gasteiger charge is 2.32. The Morgan fingerprint density at radius 1 is 1.45 bits per heavy atom. The molecule has 1 aliphatic heterocycles. The van der Waals surface area contributed by atoms with Gasteiger partial charge in [0.1, 0.15) is 5.71 Å². The average molecular weight is 299 g/mol. The highest BCUT2D eigenvalue weighted by atomic mass is 16.6. The van der Waals surface area contributed by atoms with Crippen LogP contribution >= 0.6 is 0 Å². The number of hydrogen-bond acceptors (Lipinski definition) is 4. The highest BCUT2D eigenvalue weighted by Crippen LogP contribution is 2.28. The smallest absolute Gasteiger partial charge is 0.226 e. The SMILES string of the molecule is C=CCN(C[C@H]1CC(c2ccccn2)=NO1)C(=O)C1CCC1. The van der Waals surface area contributed by atoms with Gasteiger partial charge in [-0.3, -0.25) is 9.78 Å². The van der Waals surface area contributed by atoms with Gasteiger partial charge < -0.3 is 9.74 Å². The van der Waals surface area contributed by atoms with Crippen LogP contribution in [0.25, 0.3) is 0 Å². The van der Waals surface area contributed by atoms with Gasteiger partial charge >= 0.3 is 0 Å². The number of pyridine rings is 1. The molecule has 0 aromatic carbocycles. The number of hydrogen-bond donors (Lipinski definition) is 0. The lowest BCUT2D eigenvalue weighted by atomic mass is 9.84. The summed E-state index contributed by atoms with van der Waals surface area (Å²) in [5.74, 6) is 0.415. The summed E-state index contributed by atoms with van der Waals surface area (Å²) in [7, 11) is 0. The maximum atomic E-state index is 12.4. The van der Waals surface area contributed by atoms with Crippen LogP contribution in [-0.2, 0) is 9.63 Å². The van der Waals surface area contributed by atoms with Gasteiger partial charge in [-0.25, -0.2) is 0 Å². The first-order valence-corrected chi connectivity index (χ1v) is 7.81. The minimum Gasteiger partial charge on any atom is -0.390 e. The fraction of sp³-hybridized carbons (Fsp3) is 0.471. The molecule has 116 valence electrons. The molecular formula is C17H21N3O2. The Hall–Kier alpha value is -2.17. The lowest BCUT2D eigenvalue weighted by Crippen LogP contribution is -2.43. The fourth-order valence-electron chi connectivity index (χ4n) is 2.78. The van der Waals surface area contributed by atoms with Gasteiger partial charge in [0.25, 0.3) is 0 Å². The van der Waals surface area contributed by atoms with Crippen LogP contribution in [0.15, 0.2) is 42.2 Å². The van der Waals surface area contributed by atoms with Crippen LogP contribution in [0.2, 0.25) is 0 Å². The van der Waals surface area contributed by atoms with Crippen molar-refractivity contribution in [3.8, 4) is 0 Å². The monoisotopic (exact) mass is 299 g/mol. The summed E-state index contributed by atoms with van der Waals surface area (Å²) in [5, 5.41) is 4.13. The molecule has 5 heteroatoms. The number of oxime groups is 1. The second-order valence-corrected chi connectivity index (χ2v) is 5.84. The predicted molar refractivity (Wildman–Crippen MR) is 84.4 cm³/mol. The van der Waals surface area contributed by atoms with Gasteiger partial charge in [0.05, 0.1) is 12.2 Å². The maximum Gasteiger partial charge on any atom is 0.226 e. The number of carbonyl (C=O) groups is 1. The van der Waals surface area contributed by atoms with Crippen molar-refractivity contribution in [3.63, 3.8) is 0 Å². The number of nitrogens with zero attached hydrogens (tertiary/aromatic N) is 3. The van der Waals surface area contributed by atoms with Gasteiger partial charge in [0, 0.05) is 25.1 Å². The van der Waals surface area contributed by atoms with Crippen LogP contribution in [0.1, 0.15) is 31.4 Å². The van der Waals surface area contributed by atoms with Crippen molar-refractivity contribution in [2.75, 3.05) is 13.1 Å². The molecule has 0 bridgehead atoms. The quantitative estimate of drug-likeness (QED) is 0.758.